The van der Waals surface area contributed by atoms with E-state index in [1.54, 1.807) is 7.05 Å². The molecular weight excluding hydrogens is 218 g/mol. The summed E-state index contributed by atoms with van der Waals surface area (Å²) in [5, 5.41) is 21.7. The highest BCUT2D eigenvalue weighted by Crippen LogP contribution is 2.21. The van der Waals surface area contributed by atoms with Crippen molar-refractivity contribution in [2.75, 3.05) is 7.05 Å². The Hall–Kier alpha value is -1.39. The van der Waals surface area contributed by atoms with Gasteiger partial charge in [-0.25, -0.2) is 0 Å². The number of carboxylic acids is 1. The number of hydrogen-bond acceptors (Lipinski definition) is 3. The van der Waals surface area contributed by atoms with Gasteiger partial charge in [0.25, 0.3) is 0 Å². The molecule has 2 atom stereocenters. The first kappa shape index (κ1) is 13.7. The minimum absolute atomic E-state index is 0.107. The summed E-state index contributed by atoms with van der Waals surface area (Å²) >= 11 is 0. The van der Waals surface area contributed by atoms with Crippen molar-refractivity contribution >= 4 is 5.97 Å². The maximum Gasteiger partial charge on any atom is 0.305 e. The van der Waals surface area contributed by atoms with Crippen LogP contribution in [0.5, 0.6) is 0 Å². The van der Waals surface area contributed by atoms with Gasteiger partial charge in [0.15, 0.2) is 0 Å². The number of aliphatic hydroxyl groups is 1. The van der Waals surface area contributed by atoms with Crippen molar-refractivity contribution < 1.29 is 15.0 Å². The minimum atomic E-state index is -0.924. The highest BCUT2D eigenvalue weighted by molar-refractivity contribution is 5.67. The van der Waals surface area contributed by atoms with Gasteiger partial charge in [0.1, 0.15) is 0 Å². The van der Waals surface area contributed by atoms with E-state index < -0.39 is 18.1 Å². The van der Waals surface area contributed by atoms with Crippen LogP contribution in [-0.2, 0) is 4.79 Å². The first-order chi connectivity index (χ1) is 7.95. The van der Waals surface area contributed by atoms with Gasteiger partial charge in [-0.1, -0.05) is 18.2 Å². The minimum Gasteiger partial charge on any atom is -0.481 e. The zero-order valence-electron chi connectivity index (χ0n) is 10.4. The quantitative estimate of drug-likeness (QED) is 0.724. The van der Waals surface area contributed by atoms with Crippen LogP contribution in [0.3, 0.4) is 0 Å². The average molecular weight is 237 g/mol. The number of nitrogens with one attached hydrogen (secondary N) is 1. The van der Waals surface area contributed by atoms with E-state index in [1.165, 1.54) is 0 Å². The van der Waals surface area contributed by atoms with Crippen molar-refractivity contribution in [2.24, 2.45) is 0 Å². The number of likely N-dealkylation sites (N-methyl/N-ethyl adjacent to an activating group) is 1. The van der Waals surface area contributed by atoms with Gasteiger partial charge in [-0.3, -0.25) is 4.79 Å². The molecule has 1 aromatic carbocycles. The fraction of sp³-hybridized carbons (Fsp3) is 0.462. The van der Waals surface area contributed by atoms with Gasteiger partial charge >= 0.3 is 5.97 Å². The van der Waals surface area contributed by atoms with Crippen LogP contribution in [0.1, 0.15) is 29.2 Å². The van der Waals surface area contributed by atoms with Crippen molar-refractivity contribution in [3.8, 4) is 0 Å². The van der Waals surface area contributed by atoms with E-state index in [9.17, 15) is 9.90 Å². The molecule has 0 saturated heterocycles. The second-order valence-corrected chi connectivity index (χ2v) is 4.28. The predicted octanol–water partition coefficient (Wildman–Crippen LogP) is 1.40. The van der Waals surface area contributed by atoms with Gasteiger partial charge in [-0.05, 0) is 37.6 Å². The molecule has 4 nitrogen and oxygen atoms in total. The third-order valence-electron chi connectivity index (χ3n) is 3.02. The number of hydrogen-bond donors (Lipinski definition) is 3. The second-order valence-electron chi connectivity index (χ2n) is 4.28. The SMILES string of the molecule is CNC(CC(=O)O)C(O)c1ccc(C)c(C)c1. The van der Waals surface area contributed by atoms with Crippen LogP contribution in [0.4, 0.5) is 0 Å². The maximum atomic E-state index is 10.7. The van der Waals surface area contributed by atoms with Crippen LogP contribution < -0.4 is 5.32 Å². The number of carboxylic acid groups (broad SMARTS) is 1. The summed E-state index contributed by atoms with van der Waals surface area (Å²) in [4.78, 5) is 10.7. The van der Waals surface area contributed by atoms with E-state index in [4.69, 9.17) is 5.11 Å². The molecule has 0 bridgehead atoms. The molecule has 4 heteroatoms. The maximum absolute atomic E-state index is 10.7. The number of aryl methyl sites for hydroxylation is 2. The van der Waals surface area contributed by atoms with Gasteiger partial charge in [0.05, 0.1) is 12.5 Å². The molecule has 3 N–H and O–H groups in total. The largest absolute Gasteiger partial charge is 0.481 e. The first-order valence-electron chi connectivity index (χ1n) is 5.60. The Morgan fingerprint density at radius 2 is 2.00 bits per heavy atom. The lowest BCUT2D eigenvalue weighted by Gasteiger charge is -2.21. The monoisotopic (exact) mass is 237 g/mol. The van der Waals surface area contributed by atoms with Crippen molar-refractivity contribution in [3.63, 3.8) is 0 Å². The summed E-state index contributed by atoms with van der Waals surface area (Å²) in [7, 11) is 1.65. The molecule has 94 valence electrons. The lowest BCUT2D eigenvalue weighted by molar-refractivity contribution is -0.138. The smallest absolute Gasteiger partial charge is 0.305 e. The normalized spacial score (nSPS) is 14.4. The van der Waals surface area contributed by atoms with E-state index in [1.807, 2.05) is 32.0 Å². The van der Waals surface area contributed by atoms with Gasteiger partial charge in [0.2, 0.25) is 0 Å². The summed E-state index contributed by atoms with van der Waals surface area (Å²) in [6.07, 6.45) is -0.916. The summed E-state index contributed by atoms with van der Waals surface area (Å²) in [6.45, 7) is 3.97. The Kier molecular flexibility index (Phi) is 4.66. The highest BCUT2D eigenvalue weighted by atomic mass is 16.4. The summed E-state index contributed by atoms with van der Waals surface area (Å²) in [5.41, 5.74) is 2.99. The van der Waals surface area contributed by atoms with Gasteiger partial charge in [-0.15, -0.1) is 0 Å². The standard InChI is InChI=1S/C13H19NO3/c1-8-4-5-10(6-9(8)2)13(17)11(14-3)7-12(15)16/h4-6,11,13-14,17H,7H2,1-3H3,(H,15,16). The third kappa shape index (κ3) is 3.54. The van der Waals surface area contributed by atoms with Crippen LogP contribution in [0, 0.1) is 13.8 Å². The van der Waals surface area contributed by atoms with Gasteiger partial charge in [0, 0.05) is 6.04 Å². The Bertz CT molecular complexity index is 404. The molecule has 0 radical (unpaired) electrons. The van der Waals surface area contributed by atoms with Gasteiger partial charge < -0.3 is 15.5 Å². The molecule has 1 aromatic rings. The van der Waals surface area contributed by atoms with Crippen LogP contribution >= 0.6 is 0 Å². The molecule has 0 saturated carbocycles. The number of carbonyl (C=O) groups is 1. The summed E-state index contributed by atoms with van der Waals surface area (Å²) in [6, 6.07) is 5.18. The van der Waals surface area contributed by atoms with E-state index in [-0.39, 0.29) is 6.42 Å². The Balaban J connectivity index is 2.89. The van der Waals surface area contributed by atoms with E-state index in [0.717, 1.165) is 16.7 Å². The van der Waals surface area contributed by atoms with E-state index in [2.05, 4.69) is 5.32 Å². The molecule has 0 aliphatic rings. The number of aliphatic carboxylic acids is 1. The van der Waals surface area contributed by atoms with Crippen LogP contribution in [0.25, 0.3) is 0 Å². The molecule has 0 aliphatic heterocycles. The van der Waals surface area contributed by atoms with E-state index in [0.29, 0.717) is 0 Å². The molecule has 0 aromatic heterocycles. The lowest BCUT2D eigenvalue weighted by Crippen LogP contribution is -2.34. The van der Waals surface area contributed by atoms with Crippen molar-refractivity contribution in [1.29, 1.82) is 0 Å². The lowest BCUT2D eigenvalue weighted by atomic mass is 9.96. The average Bonchev–Trinajstić information content (AvgIpc) is 2.28. The zero-order valence-corrected chi connectivity index (χ0v) is 10.4. The van der Waals surface area contributed by atoms with Crippen molar-refractivity contribution in [1.82, 2.24) is 5.32 Å². The topological polar surface area (TPSA) is 69.6 Å². The van der Waals surface area contributed by atoms with Crippen LogP contribution in [0.2, 0.25) is 0 Å². The summed E-state index contributed by atoms with van der Waals surface area (Å²) in [5.74, 6) is -0.924. The van der Waals surface area contributed by atoms with E-state index >= 15 is 0 Å². The molecule has 0 spiro atoms. The molecule has 0 fully saturated rings. The van der Waals surface area contributed by atoms with Crippen LogP contribution in [-0.4, -0.2) is 29.3 Å². The Labute approximate surface area is 101 Å². The summed E-state index contributed by atoms with van der Waals surface area (Å²) < 4.78 is 0. The molecule has 0 aliphatic carbocycles. The number of rotatable bonds is 5. The number of benzene rings is 1. The molecular formula is C13H19NO3. The third-order valence-corrected chi connectivity index (χ3v) is 3.02. The molecule has 2 unspecified atom stereocenters. The first-order valence-corrected chi connectivity index (χ1v) is 5.60. The second kappa shape index (κ2) is 5.80. The molecule has 1 rings (SSSR count). The highest BCUT2D eigenvalue weighted by Gasteiger charge is 2.22. The van der Waals surface area contributed by atoms with Crippen LogP contribution in [0.15, 0.2) is 18.2 Å². The fourth-order valence-electron chi connectivity index (χ4n) is 1.74. The predicted molar refractivity (Wildman–Crippen MR) is 66.0 cm³/mol. The Morgan fingerprint density at radius 3 is 2.47 bits per heavy atom. The van der Waals surface area contributed by atoms with Crippen molar-refractivity contribution in [3.05, 3.63) is 34.9 Å². The van der Waals surface area contributed by atoms with Crippen molar-refractivity contribution in [2.45, 2.75) is 32.4 Å². The Morgan fingerprint density at radius 1 is 1.35 bits per heavy atom. The zero-order chi connectivity index (χ0) is 13.0. The number of aliphatic hydroxyl groups excluding tert-OH is 1. The van der Waals surface area contributed by atoms with Gasteiger partial charge in [-0.2, -0.15) is 0 Å². The molecule has 0 heterocycles. The molecule has 17 heavy (non-hydrogen) atoms. The fourth-order valence-corrected chi connectivity index (χ4v) is 1.74. The molecule has 0 amide bonds.